The lowest BCUT2D eigenvalue weighted by molar-refractivity contribution is 0.0522. The number of carbonyl (C=O) groups excluding carboxylic acids is 2. The molecule has 7 nitrogen and oxygen atoms in total. The van der Waals surface area contributed by atoms with Gasteiger partial charge in [0.05, 0.1) is 6.61 Å². The number of ketones is 1. The predicted octanol–water partition coefficient (Wildman–Crippen LogP) is 3.88. The van der Waals surface area contributed by atoms with Crippen LogP contribution in [-0.2, 0) is 17.8 Å². The number of fused-ring (bicyclic) bond motifs is 1. The Morgan fingerprint density at radius 3 is 2.29 bits per heavy atom. The fourth-order valence-corrected chi connectivity index (χ4v) is 4.13. The number of allylic oxidation sites excluding steroid dienone is 2. The molecule has 1 aliphatic rings. The number of ether oxygens (including phenoxy) is 2. The highest BCUT2D eigenvalue weighted by atomic mass is 16.5. The van der Waals surface area contributed by atoms with Crippen molar-refractivity contribution in [3.8, 4) is 5.75 Å². The van der Waals surface area contributed by atoms with E-state index in [2.05, 4.69) is 0 Å². The molecule has 7 heteroatoms. The number of nitrogens with zero attached hydrogens (tertiary/aromatic N) is 1. The van der Waals surface area contributed by atoms with E-state index in [4.69, 9.17) is 9.47 Å². The van der Waals surface area contributed by atoms with Gasteiger partial charge in [-0.2, -0.15) is 0 Å². The first-order valence-electron chi connectivity index (χ1n) is 11.6. The van der Waals surface area contributed by atoms with Crippen LogP contribution < -0.4 is 10.2 Å². The number of aliphatic hydroxyl groups excluding tert-OH is 1. The zero-order valence-corrected chi connectivity index (χ0v) is 19.5. The number of benzene rings is 2. The Balaban J connectivity index is 1.87. The summed E-state index contributed by atoms with van der Waals surface area (Å²) in [5, 5.41) is 9.57. The van der Waals surface area contributed by atoms with E-state index in [1.807, 2.05) is 60.7 Å². The molecule has 0 amide bonds. The highest BCUT2D eigenvalue weighted by molar-refractivity contribution is 6.04. The normalized spacial score (nSPS) is 14.7. The minimum atomic E-state index is -0.777. The molecule has 0 saturated carbocycles. The monoisotopic (exact) mass is 473 g/mol. The van der Waals surface area contributed by atoms with Crippen molar-refractivity contribution in [3.05, 3.63) is 106 Å². The van der Waals surface area contributed by atoms with Crippen LogP contribution in [-0.4, -0.2) is 34.6 Å². The van der Waals surface area contributed by atoms with Gasteiger partial charge in [0.2, 0.25) is 5.43 Å². The third-order valence-corrected chi connectivity index (χ3v) is 5.83. The summed E-state index contributed by atoms with van der Waals surface area (Å²) in [6, 6.07) is 18.9. The number of esters is 1. The van der Waals surface area contributed by atoms with Crippen molar-refractivity contribution in [3.63, 3.8) is 0 Å². The fourth-order valence-electron chi connectivity index (χ4n) is 4.13. The van der Waals surface area contributed by atoms with Crippen LogP contribution in [0.5, 0.6) is 5.75 Å². The van der Waals surface area contributed by atoms with Crippen LogP contribution in [0.2, 0.25) is 0 Å². The van der Waals surface area contributed by atoms with Gasteiger partial charge in [0.25, 0.3) is 0 Å². The Labute approximate surface area is 203 Å². The van der Waals surface area contributed by atoms with Gasteiger partial charge in [0, 0.05) is 30.8 Å². The van der Waals surface area contributed by atoms with Crippen LogP contribution in [0.15, 0.2) is 77.7 Å². The first kappa shape index (κ1) is 24.2. The molecule has 0 saturated heterocycles. The molecule has 35 heavy (non-hydrogen) atoms. The van der Waals surface area contributed by atoms with E-state index in [1.54, 1.807) is 17.6 Å². The summed E-state index contributed by atoms with van der Waals surface area (Å²) in [7, 11) is 0. The summed E-state index contributed by atoms with van der Waals surface area (Å²) < 4.78 is 12.6. The lowest BCUT2D eigenvalue weighted by Gasteiger charge is -2.27. The Hall–Kier alpha value is -3.97. The second-order valence-electron chi connectivity index (χ2n) is 8.22. The maximum atomic E-state index is 13.5. The molecule has 180 valence electrons. The summed E-state index contributed by atoms with van der Waals surface area (Å²) in [6.45, 7) is 1.62. The Bertz CT molecular complexity index is 1290. The van der Waals surface area contributed by atoms with E-state index in [0.717, 1.165) is 11.1 Å². The van der Waals surface area contributed by atoms with Crippen molar-refractivity contribution in [1.82, 2.24) is 4.57 Å². The summed E-state index contributed by atoms with van der Waals surface area (Å²) in [5.41, 5.74) is 1.69. The number of hydrogen-bond acceptors (Lipinski definition) is 6. The molecule has 0 spiro atoms. The molecule has 0 aliphatic carbocycles. The molecule has 2 heterocycles. The Kier molecular flexibility index (Phi) is 7.57. The molecule has 0 fully saturated rings. The van der Waals surface area contributed by atoms with Crippen LogP contribution in [0.25, 0.3) is 5.70 Å². The minimum absolute atomic E-state index is 0.0467. The highest BCUT2D eigenvalue weighted by Crippen LogP contribution is 2.32. The van der Waals surface area contributed by atoms with Gasteiger partial charge in [-0.05, 0) is 24.5 Å². The number of rotatable bonds is 9. The largest absolute Gasteiger partial charge is 0.483 e. The first-order chi connectivity index (χ1) is 17.0. The average Bonchev–Trinajstić information content (AvgIpc) is 2.87. The molecule has 1 atom stereocenters. The number of pyridine rings is 1. The van der Waals surface area contributed by atoms with E-state index >= 15 is 0 Å². The van der Waals surface area contributed by atoms with Gasteiger partial charge in [-0.3, -0.25) is 9.59 Å². The molecular formula is C28H27NO6. The zero-order valence-electron chi connectivity index (χ0n) is 19.5. The van der Waals surface area contributed by atoms with Gasteiger partial charge >= 0.3 is 5.97 Å². The summed E-state index contributed by atoms with van der Waals surface area (Å²) >= 11 is 0. The predicted molar refractivity (Wildman–Crippen MR) is 131 cm³/mol. The maximum Gasteiger partial charge on any atom is 0.343 e. The van der Waals surface area contributed by atoms with Crippen LogP contribution in [0.4, 0.5) is 0 Å². The zero-order chi connectivity index (χ0) is 24.8. The molecular weight excluding hydrogens is 446 g/mol. The molecule has 2 aromatic carbocycles. The first-order valence-corrected chi connectivity index (χ1v) is 11.6. The van der Waals surface area contributed by atoms with Crippen molar-refractivity contribution in [2.75, 3.05) is 13.2 Å². The van der Waals surface area contributed by atoms with Crippen LogP contribution >= 0.6 is 0 Å². The van der Waals surface area contributed by atoms with Gasteiger partial charge in [-0.15, -0.1) is 0 Å². The van der Waals surface area contributed by atoms with E-state index in [0.29, 0.717) is 12.1 Å². The molecule has 4 rings (SSSR count). The number of aliphatic hydroxyl groups is 1. The lowest BCUT2D eigenvalue weighted by atomic mass is 9.90. The Morgan fingerprint density at radius 1 is 1.00 bits per heavy atom. The number of carbonyl (C=O) groups is 2. The number of hydrogen-bond donors (Lipinski definition) is 1. The highest BCUT2D eigenvalue weighted by Gasteiger charge is 2.34. The van der Waals surface area contributed by atoms with E-state index in [1.165, 1.54) is 6.20 Å². The molecule has 3 aromatic rings. The third kappa shape index (κ3) is 5.25. The second kappa shape index (κ2) is 11.0. The smallest absolute Gasteiger partial charge is 0.343 e. The fraction of sp³-hybridized carbons (Fsp3) is 0.250. The van der Waals surface area contributed by atoms with Gasteiger partial charge in [0.1, 0.15) is 17.9 Å². The second-order valence-corrected chi connectivity index (χ2v) is 8.22. The number of aromatic nitrogens is 1. The van der Waals surface area contributed by atoms with Gasteiger partial charge in [-0.25, -0.2) is 4.79 Å². The molecule has 1 N–H and O–H groups in total. The topological polar surface area (TPSA) is 94.8 Å². The molecule has 1 unspecified atom stereocenters. The van der Waals surface area contributed by atoms with Gasteiger partial charge < -0.3 is 19.1 Å². The quantitative estimate of drug-likeness (QED) is 0.474. The SMILES string of the molecule is CCOC(=O)c1cn2c(c(OCc3ccccc3)c1=O)C(=O)C(CCO)C=C2Cc1ccccc1. The van der Waals surface area contributed by atoms with Gasteiger partial charge in [0.15, 0.2) is 11.5 Å². The summed E-state index contributed by atoms with van der Waals surface area (Å²) in [5.74, 6) is -1.93. The van der Waals surface area contributed by atoms with Crippen LogP contribution in [0, 0.1) is 5.92 Å². The Morgan fingerprint density at radius 2 is 1.66 bits per heavy atom. The van der Waals surface area contributed by atoms with Crippen molar-refractivity contribution in [1.29, 1.82) is 0 Å². The standard InChI is InChI=1S/C28H27NO6/c1-2-34-28(33)23-17-29-22(15-19-9-5-3-6-10-19)16-21(13-14-30)25(31)24(29)27(26(23)32)35-18-20-11-7-4-8-12-20/h3-12,16-17,21,30H,2,13-15,18H2,1H3. The van der Waals surface area contributed by atoms with E-state index in [9.17, 15) is 19.5 Å². The maximum absolute atomic E-state index is 13.5. The molecule has 0 radical (unpaired) electrons. The van der Waals surface area contributed by atoms with Crippen molar-refractivity contribution in [2.45, 2.75) is 26.4 Å². The summed E-state index contributed by atoms with van der Waals surface area (Å²) in [6.07, 6.45) is 3.82. The van der Waals surface area contributed by atoms with Crippen LogP contribution in [0.1, 0.15) is 45.3 Å². The number of Topliss-reactive ketones (excluding diaryl/α,β-unsaturated/α-hetero) is 1. The average molecular weight is 474 g/mol. The summed E-state index contributed by atoms with van der Waals surface area (Å²) in [4.78, 5) is 39.5. The van der Waals surface area contributed by atoms with Crippen molar-refractivity contribution >= 4 is 17.4 Å². The van der Waals surface area contributed by atoms with Crippen molar-refractivity contribution in [2.24, 2.45) is 5.92 Å². The minimum Gasteiger partial charge on any atom is -0.483 e. The molecule has 0 bridgehead atoms. The molecule has 1 aliphatic heterocycles. The van der Waals surface area contributed by atoms with Crippen LogP contribution in [0.3, 0.4) is 0 Å². The van der Waals surface area contributed by atoms with E-state index < -0.39 is 17.3 Å². The van der Waals surface area contributed by atoms with Crippen molar-refractivity contribution < 1.29 is 24.2 Å². The molecule has 1 aromatic heterocycles. The lowest BCUT2D eigenvalue weighted by Crippen LogP contribution is -2.32. The third-order valence-electron chi connectivity index (χ3n) is 5.83. The van der Waals surface area contributed by atoms with Gasteiger partial charge in [-0.1, -0.05) is 66.7 Å². The van der Waals surface area contributed by atoms with E-state index in [-0.39, 0.29) is 49.0 Å².